The fourth-order valence-electron chi connectivity index (χ4n) is 0. The van der Waals surface area contributed by atoms with Crippen LogP contribution in [0.25, 0.3) is 0 Å². The topological polar surface area (TPSA) is 31.5 Å². The summed E-state index contributed by atoms with van der Waals surface area (Å²) in [5, 5.41) is 0. The van der Waals surface area contributed by atoms with Crippen molar-refractivity contribution in [3.8, 4) is 0 Å². The molecule has 0 unspecified atom stereocenters. The van der Waals surface area contributed by atoms with E-state index in [9.17, 15) is 0 Å². The second-order valence-corrected chi connectivity index (χ2v) is 0. The first-order chi connectivity index (χ1) is 1.00. The van der Waals surface area contributed by atoms with Gasteiger partial charge in [0.1, 0.15) is 0 Å². The van der Waals surface area contributed by atoms with Crippen LogP contribution in [-0.2, 0) is 30.4 Å². The zero-order valence-electron chi connectivity index (χ0n) is 1.54. The van der Waals surface area contributed by atoms with Gasteiger partial charge in [0.2, 0.25) is 0 Å². The molecule has 0 heterocycles. The van der Waals surface area contributed by atoms with Crippen LogP contribution in [0.4, 0.5) is 0 Å². The van der Waals surface area contributed by atoms with Crippen molar-refractivity contribution < 1.29 is 35.8 Å². The van der Waals surface area contributed by atoms with Gasteiger partial charge in [0.05, 0.1) is 0 Å². The molecule has 0 radical (unpaired) electrons. The molecule has 0 aliphatic carbocycles. The molecule has 0 aromatic rings. The molecular formula is H2Ni2OS. The van der Waals surface area contributed by atoms with Crippen molar-refractivity contribution in [2.45, 2.75) is 0 Å². The molecule has 0 bridgehead atoms. The Balaban J connectivity index is -0.00000000500. The molecule has 1 nitrogen and oxygen atoms in total. The van der Waals surface area contributed by atoms with Crippen molar-refractivity contribution in [3.63, 3.8) is 0 Å². The summed E-state index contributed by atoms with van der Waals surface area (Å²) in [6.07, 6.45) is 0. The molecular weight excluding hydrogens is 165 g/mol. The first kappa shape index (κ1) is 19.1. The third kappa shape index (κ3) is 10.9. The Kier molecular flexibility index (Phi) is 147. The molecule has 0 aliphatic rings. The summed E-state index contributed by atoms with van der Waals surface area (Å²) in [4.78, 5) is 0. The van der Waals surface area contributed by atoms with E-state index in [1.54, 1.807) is 0 Å². The monoisotopic (exact) mass is 166 g/mol. The molecule has 0 atom stereocenters. The minimum atomic E-state index is 0. The van der Waals surface area contributed by atoms with E-state index < -0.39 is 0 Å². The van der Waals surface area contributed by atoms with E-state index in [2.05, 4.69) is 24.5 Å². The minimum absolute atomic E-state index is 0. The van der Waals surface area contributed by atoms with Crippen LogP contribution >= 0.6 is 10.7 Å². The molecule has 0 aliphatic heterocycles. The molecule has 0 spiro atoms. The zero-order valence-corrected chi connectivity index (χ0v) is 4.33. The van der Waals surface area contributed by atoms with Crippen molar-refractivity contribution in [1.82, 2.24) is 0 Å². The first-order valence-electron chi connectivity index (χ1n) is 0.129. The number of rotatable bonds is 0. The van der Waals surface area contributed by atoms with Gasteiger partial charge in [-0.2, -0.15) is 0 Å². The summed E-state index contributed by atoms with van der Waals surface area (Å²) in [6, 6.07) is 0. The van der Waals surface area contributed by atoms with E-state index in [1.807, 2.05) is 0 Å². The van der Waals surface area contributed by atoms with Crippen molar-refractivity contribution in [2.24, 2.45) is 0 Å². The molecule has 0 aromatic carbocycles. The van der Waals surface area contributed by atoms with Crippen LogP contribution in [-0.4, -0.2) is 5.48 Å². The van der Waals surface area contributed by atoms with Gasteiger partial charge in [-0.05, 0) is 0 Å². The zero-order chi connectivity index (χ0) is 2.00. The standard InChI is InChI=1S/2Ni.H2O.S/h;;1H2;. The van der Waals surface area contributed by atoms with Crippen LogP contribution in [0.3, 0.4) is 0 Å². The molecule has 4 heteroatoms. The van der Waals surface area contributed by atoms with Crippen LogP contribution in [0.2, 0.25) is 0 Å². The van der Waals surface area contributed by atoms with Crippen LogP contribution < -0.4 is 0 Å². The van der Waals surface area contributed by atoms with Crippen molar-refractivity contribution in [3.05, 3.63) is 0 Å². The van der Waals surface area contributed by atoms with Crippen LogP contribution in [0.5, 0.6) is 0 Å². The fraction of sp³-hybridized carbons (Fsp3) is 0. The van der Waals surface area contributed by atoms with Crippen molar-refractivity contribution >= 4 is 10.7 Å². The fourth-order valence-corrected chi connectivity index (χ4v) is 0. The van der Waals surface area contributed by atoms with Gasteiger partial charge in [0, 0.05) is 16.5 Å². The molecule has 0 saturated heterocycles. The Morgan fingerprint density at radius 2 is 1.25 bits per heavy atom. The van der Waals surface area contributed by atoms with E-state index >= 15 is 0 Å². The van der Waals surface area contributed by atoms with Gasteiger partial charge in [-0.25, -0.2) is 0 Å². The van der Waals surface area contributed by atoms with E-state index in [-0.39, 0.29) is 22.0 Å². The summed E-state index contributed by atoms with van der Waals surface area (Å²) < 4.78 is 0. The molecule has 4 heavy (non-hydrogen) atoms. The Morgan fingerprint density at radius 3 is 1.25 bits per heavy atom. The third-order valence-corrected chi connectivity index (χ3v) is 0. The quantitative estimate of drug-likeness (QED) is 0.461. The van der Waals surface area contributed by atoms with Gasteiger partial charge in [-0.1, -0.05) is 0 Å². The molecule has 0 rings (SSSR count). The van der Waals surface area contributed by atoms with E-state index in [0.717, 1.165) is 0 Å². The Bertz CT molecular complexity index is 6.00. The summed E-state index contributed by atoms with van der Waals surface area (Å²) in [6.45, 7) is 0. The van der Waals surface area contributed by atoms with Gasteiger partial charge < -0.3 is 5.48 Å². The van der Waals surface area contributed by atoms with Crippen LogP contribution in [0.15, 0.2) is 0 Å². The van der Waals surface area contributed by atoms with E-state index in [0.29, 0.717) is 0 Å². The molecule has 0 saturated carbocycles. The normalized spacial score (nSPS) is 1.50. The molecule has 2 N–H and O–H groups in total. The van der Waals surface area contributed by atoms with Crippen molar-refractivity contribution in [1.29, 1.82) is 0 Å². The Labute approximate surface area is 46.7 Å². The summed E-state index contributed by atoms with van der Waals surface area (Å²) in [5.74, 6) is 0. The maximum atomic E-state index is 3.71. The Hall–Kier alpha value is 1.17. The summed E-state index contributed by atoms with van der Waals surface area (Å²) >= 11 is 3.46. The first-order valence-corrected chi connectivity index (χ1v) is 1.60. The van der Waals surface area contributed by atoms with Gasteiger partial charge in [0.15, 0.2) is 0 Å². The molecule has 0 amide bonds. The van der Waals surface area contributed by atoms with Gasteiger partial charge in [0.25, 0.3) is 0 Å². The second kappa shape index (κ2) is 30.7. The second-order valence-electron chi connectivity index (χ2n) is 0. The summed E-state index contributed by atoms with van der Waals surface area (Å²) in [5.41, 5.74) is 0. The average molecular weight is 167 g/mol. The third-order valence-electron chi connectivity index (χ3n) is 0. The van der Waals surface area contributed by atoms with Gasteiger partial charge in [-0.15, -0.1) is 0 Å². The maximum absolute atomic E-state index is 3.71. The van der Waals surface area contributed by atoms with Crippen molar-refractivity contribution in [2.75, 3.05) is 0 Å². The van der Waals surface area contributed by atoms with E-state index in [1.165, 1.54) is 0 Å². The molecule has 34 valence electrons. The molecule has 0 fully saturated rings. The Morgan fingerprint density at radius 1 is 1.25 bits per heavy atom. The van der Waals surface area contributed by atoms with E-state index in [4.69, 9.17) is 0 Å². The predicted octanol–water partition coefficient (Wildman–Crippen LogP) is -0.181. The average Bonchev–Trinajstić information content (AvgIpc) is 1.00. The van der Waals surface area contributed by atoms with Gasteiger partial charge in [-0.3, -0.25) is 0 Å². The van der Waals surface area contributed by atoms with Crippen LogP contribution in [0.1, 0.15) is 0 Å². The van der Waals surface area contributed by atoms with Gasteiger partial charge >= 0.3 is 24.5 Å². The number of hydrogen-bond acceptors (Lipinski definition) is 1. The molecule has 0 aromatic heterocycles. The SMILES string of the molecule is O.[Ni].[S]=[Ni]. The number of hydrogen-bond donors (Lipinski definition) is 0. The predicted molar refractivity (Wildman–Crippen MR) is 11.2 cm³/mol. The summed E-state index contributed by atoms with van der Waals surface area (Å²) in [7, 11) is 3.71. The van der Waals surface area contributed by atoms with Crippen LogP contribution in [0, 0.1) is 0 Å².